The Balaban J connectivity index is 1.54. The first-order valence-corrected chi connectivity index (χ1v) is 8.32. The molecule has 2 aromatic rings. The lowest BCUT2D eigenvalue weighted by Crippen LogP contribution is -2.38. The molecular weight excluding hydrogens is 298 g/mol. The smallest absolute Gasteiger partial charge is 0.273 e. The first-order chi connectivity index (χ1) is 10.5. The van der Waals surface area contributed by atoms with E-state index in [4.69, 9.17) is 5.73 Å². The molecule has 2 aromatic heterocycles. The predicted molar refractivity (Wildman–Crippen MR) is 85.7 cm³/mol. The predicted octanol–water partition coefficient (Wildman–Crippen LogP) is 1.62. The molecule has 0 unspecified atom stereocenters. The monoisotopic (exact) mass is 319 g/mol. The van der Waals surface area contributed by atoms with E-state index in [1.54, 1.807) is 22.2 Å². The Morgan fingerprint density at radius 3 is 2.91 bits per heavy atom. The van der Waals surface area contributed by atoms with Crippen molar-refractivity contribution in [3.63, 3.8) is 0 Å². The highest BCUT2D eigenvalue weighted by atomic mass is 32.1. The van der Waals surface area contributed by atoms with Gasteiger partial charge in [-0.15, -0.1) is 16.4 Å². The van der Waals surface area contributed by atoms with E-state index in [0.717, 1.165) is 24.9 Å². The largest absolute Gasteiger partial charge is 0.346 e. The van der Waals surface area contributed by atoms with Crippen molar-refractivity contribution in [2.45, 2.75) is 45.8 Å². The number of aromatic nitrogens is 3. The fourth-order valence-electron chi connectivity index (χ4n) is 2.82. The summed E-state index contributed by atoms with van der Waals surface area (Å²) in [5.74, 6) is 0.379. The second-order valence-electron chi connectivity index (χ2n) is 6.04. The summed E-state index contributed by atoms with van der Waals surface area (Å²) in [5.41, 5.74) is 7.30. The molecule has 1 aliphatic carbocycles. The Hall–Kier alpha value is -1.73. The number of hydrogen-bond acceptors (Lipinski definition) is 5. The average molecular weight is 319 g/mol. The van der Waals surface area contributed by atoms with Gasteiger partial charge in [0.15, 0.2) is 5.69 Å². The van der Waals surface area contributed by atoms with Crippen LogP contribution in [0, 0.1) is 19.8 Å². The zero-order valence-electron chi connectivity index (χ0n) is 12.9. The highest BCUT2D eigenvalue weighted by Gasteiger charge is 2.26. The standard InChI is InChI=1S/C15H21N5OS/c1-9-3-12(10(2)22-9)6-17-15(21)14-8-20(19-18-14)7-11-4-13(16)5-11/h3,8,11,13H,4-7,16H2,1-2H3,(H,17,21). The van der Waals surface area contributed by atoms with Crippen molar-refractivity contribution in [1.82, 2.24) is 20.3 Å². The molecule has 0 aromatic carbocycles. The molecule has 0 saturated heterocycles. The summed E-state index contributed by atoms with van der Waals surface area (Å²) < 4.78 is 1.74. The first-order valence-electron chi connectivity index (χ1n) is 7.51. The van der Waals surface area contributed by atoms with Crippen molar-refractivity contribution in [1.29, 1.82) is 0 Å². The molecule has 0 bridgehead atoms. The maximum Gasteiger partial charge on any atom is 0.273 e. The minimum Gasteiger partial charge on any atom is -0.346 e. The fraction of sp³-hybridized carbons (Fsp3) is 0.533. The van der Waals surface area contributed by atoms with E-state index >= 15 is 0 Å². The summed E-state index contributed by atoms with van der Waals surface area (Å²) in [5, 5.41) is 10.9. The van der Waals surface area contributed by atoms with Gasteiger partial charge in [-0.3, -0.25) is 9.48 Å². The number of carbonyl (C=O) groups is 1. The van der Waals surface area contributed by atoms with Gasteiger partial charge in [-0.2, -0.15) is 0 Å². The van der Waals surface area contributed by atoms with Crippen molar-refractivity contribution in [2.75, 3.05) is 0 Å². The Morgan fingerprint density at radius 2 is 2.27 bits per heavy atom. The fourth-order valence-corrected chi connectivity index (χ4v) is 3.76. The number of amides is 1. The highest BCUT2D eigenvalue weighted by molar-refractivity contribution is 7.12. The molecule has 22 heavy (non-hydrogen) atoms. The minimum atomic E-state index is -0.181. The van der Waals surface area contributed by atoms with Gasteiger partial charge in [0.25, 0.3) is 5.91 Å². The quantitative estimate of drug-likeness (QED) is 0.877. The third-order valence-electron chi connectivity index (χ3n) is 4.07. The lowest BCUT2D eigenvalue weighted by molar-refractivity contribution is 0.0945. The van der Waals surface area contributed by atoms with Gasteiger partial charge in [-0.1, -0.05) is 5.21 Å². The zero-order valence-corrected chi connectivity index (χ0v) is 13.7. The third-order valence-corrected chi connectivity index (χ3v) is 5.08. The van der Waals surface area contributed by atoms with Gasteiger partial charge in [-0.05, 0) is 44.2 Å². The van der Waals surface area contributed by atoms with Crippen molar-refractivity contribution in [3.8, 4) is 0 Å². The van der Waals surface area contributed by atoms with E-state index in [-0.39, 0.29) is 5.91 Å². The van der Waals surface area contributed by atoms with E-state index in [9.17, 15) is 4.79 Å². The van der Waals surface area contributed by atoms with E-state index in [1.807, 2.05) is 0 Å². The van der Waals surface area contributed by atoms with Crippen LogP contribution in [0.25, 0.3) is 0 Å². The third kappa shape index (κ3) is 3.36. The lowest BCUT2D eigenvalue weighted by Gasteiger charge is -2.31. The topological polar surface area (TPSA) is 85.8 Å². The molecular formula is C15H21N5OS. The summed E-state index contributed by atoms with van der Waals surface area (Å²) >= 11 is 1.74. The molecule has 1 aliphatic rings. The van der Waals surface area contributed by atoms with Crippen LogP contribution in [0.2, 0.25) is 0 Å². The van der Waals surface area contributed by atoms with Crippen molar-refractivity contribution in [3.05, 3.63) is 33.3 Å². The molecule has 0 spiro atoms. The van der Waals surface area contributed by atoms with E-state index in [0.29, 0.717) is 24.2 Å². The van der Waals surface area contributed by atoms with Crippen LogP contribution in [0.15, 0.2) is 12.3 Å². The van der Waals surface area contributed by atoms with E-state index in [2.05, 4.69) is 35.5 Å². The SMILES string of the molecule is Cc1cc(CNC(=O)c2cn(CC3CC(N)C3)nn2)c(C)s1. The summed E-state index contributed by atoms with van der Waals surface area (Å²) in [6, 6.07) is 2.44. The van der Waals surface area contributed by atoms with Crippen LogP contribution < -0.4 is 11.1 Å². The van der Waals surface area contributed by atoms with Gasteiger partial charge in [0, 0.05) is 28.9 Å². The van der Waals surface area contributed by atoms with Crippen LogP contribution >= 0.6 is 11.3 Å². The van der Waals surface area contributed by atoms with Crippen molar-refractivity contribution < 1.29 is 4.79 Å². The molecule has 1 amide bonds. The van der Waals surface area contributed by atoms with Crippen molar-refractivity contribution >= 4 is 17.2 Å². The molecule has 1 saturated carbocycles. The Bertz CT molecular complexity index is 671. The summed E-state index contributed by atoms with van der Waals surface area (Å²) in [6.45, 7) is 5.45. The van der Waals surface area contributed by atoms with Gasteiger partial charge < -0.3 is 11.1 Å². The normalized spacial score (nSPS) is 20.7. The number of nitrogens with one attached hydrogen (secondary N) is 1. The number of hydrogen-bond donors (Lipinski definition) is 2. The van der Waals surface area contributed by atoms with Gasteiger partial charge in [0.2, 0.25) is 0 Å². The molecule has 0 aliphatic heterocycles. The zero-order chi connectivity index (χ0) is 15.7. The molecule has 1 fully saturated rings. The number of aryl methyl sites for hydroxylation is 2. The second-order valence-corrected chi connectivity index (χ2v) is 7.50. The summed E-state index contributed by atoms with van der Waals surface area (Å²) in [6.07, 6.45) is 3.77. The number of carbonyl (C=O) groups excluding carboxylic acids is 1. The van der Waals surface area contributed by atoms with Crippen molar-refractivity contribution in [2.24, 2.45) is 11.7 Å². The summed E-state index contributed by atoms with van der Waals surface area (Å²) in [4.78, 5) is 14.6. The van der Waals surface area contributed by atoms with Gasteiger partial charge in [0.05, 0.1) is 6.20 Å². The average Bonchev–Trinajstić information content (AvgIpc) is 3.01. The minimum absolute atomic E-state index is 0.181. The first kappa shape index (κ1) is 15.2. The number of rotatable bonds is 5. The number of thiophene rings is 1. The molecule has 0 atom stereocenters. The van der Waals surface area contributed by atoms with Gasteiger partial charge in [-0.25, -0.2) is 0 Å². The van der Waals surface area contributed by atoms with E-state index < -0.39 is 0 Å². The molecule has 3 N–H and O–H groups in total. The molecule has 2 heterocycles. The van der Waals surface area contributed by atoms with Crippen LogP contribution in [0.5, 0.6) is 0 Å². The molecule has 6 nitrogen and oxygen atoms in total. The lowest BCUT2D eigenvalue weighted by atomic mass is 9.81. The molecule has 118 valence electrons. The van der Waals surface area contributed by atoms with Gasteiger partial charge >= 0.3 is 0 Å². The second kappa shape index (κ2) is 6.18. The number of nitrogens with zero attached hydrogens (tertiary/aromatic N) is 3. The highest BCUT2D eigenvalue weighted by Crippen LogP contribution is 2.26. The van der Waals surface area contributed by atoms with Crippen LogP contribution in [0.1, 0.15) is 38.6 Å². The molecule has 3 rings (SSSR count). The summed E-state index contributed by atoms with van der Waals surface area (Å²) in [7, 11) is 0. The van der Waals surface area contributed by atoms with Crippen LogP contribution in [-0.2, 0) is 13.1 Å². The Labute approximate surface area is 133 Å². The van der Waals surface area contributed by atoms with Gasteiger partial charge in [0.1, 0.15) is 0 Å². The maximum absolute atomic E-state index is 12.1. The maximum atomic E-state index is 12.1. The van der Waals surface area contributed by atoms with Crippen LogP contribution in [-0.4, -0.2) is 26.9 Å². The number of nitrogens with two attached hydrogens (primary N) is 1. The van der Waals surface area contributed by atoms with E-state index in [1.165, 1.54) is 9.75 Å². The molecule has 0 radical (unpaired) electrons. The Kier molecular flexibility index (Phi) is 4.26. The van der Waals surface area contributed by atoms with Crippen LogP contribution in [0.3, 0.4) is 0 Å². The molecule has 7 heteroatoms. The Morgan fingerprint density at radius 1 is 1.50 bits per heavy atom. The van der Waals surface area contributed by atoms with Crippen LogP contribution in [0.4, 0.5) is 0 Å².